The summed E-state index contributed by atoms with van der Waals surface area (Å²) >= 11 is 6.19. The summed E-state index contributed by atoms with van der Waals surface area (Å²) in [7, 11) is 0. The smallest absolute Gasteiger partial charge is 0.162 e. The Bertz CT molecular complexity index is 596. The Kier molecular flexibility index (Phi) is 4.15. The molecule has 0 heterocycles. The first-order valence-electron chi connectivity index (χ1n) is 5.82. The summed E-state index contributed by atoms with van der Waals surface area (Å²) in [4.78, 5) is 0. The number of rotatable bonds is 3. The summed E-state index contributed by atoms with van der Waals surface area (Å²) < 4.78 is 39.8. The Balaban J connectivity index is 2.28. The molecule has 0 aliphatic heterocycles. The second kappa shape index (κ2) is 5.66. The number of aryl methyl sites for hydroxylation is 1. The third-order valence-corrected chi connectivity index (χ3v) is 3.40. The van der Waals surface area contributed by atoms with Gasteiger partial charge in [-0.25, -0.2) is 13.2 Å². The van der Waals surface area contributed by atoms with Gasteiger partial charge < -0.3 is 0 Å². The van der Waals surface area contributed by atoms with Crippen LogP contribution >= 0.6 is 11.6 Å². The first-order valence-corrected chi connectivity index (χ1v) is 6.25. The molecule has 0 spiro atoms. The molecule has 0 aromatic heterocycles. The van der Waals surface area contributed by atoms with Gasteiger partial charge in [0, 0.05) is 0 Å². The van der Waals surface area contributed by atoms with Gasteiger partial charge in [-0.15, -0.1) is 11.6 Å². The topological polar surface area (TPSA) is 0 Å². The number of benzene rings is 2. The van der Waals surface area contributed by atoms with Crippen molar-refractivity contribution in [2.45, 2.75) is 18.7 Å². The molecule has 1 atom stereocenters. The molecule has 0 aliphatic rings. The largest absolute Gasteiger partial charge is 0.207 e. The zero-order chi connectivity index (χ0) is 14.0. The maximum absolute atomic E-state index is 13.5. The van der Waals surface area contributed by atoms with E-state index in [1.807, 2.05) is 0 Å². The molecule has 0 fully saturated rings. The average molecular weight is 285 g/mol. The SMILES string of the molecule is Cc1ccc(F)cc1C(Cl)Cc1cccc(F)c1F. The standard InChI is InChI=1S/C15H12ClF3/c1-9-5-6-11(17)8-12(9)13(16)7-10-3-2-4-14(18)15(10)19/h2-6,8,13H,7H2,1H3. The van der Waals surface area contributed by atoms with Crippen LogP contribution in [-0.2, 0) is 6.42 Å². The Morgan fingerprint density at radius 2 is 1.84 bits per heavy atom. The van der Waals surface area contributed by atoms with Gasteiger partial charge in [0.1, 0.15) is 5.82 Å². The highest BCUT2D eigenvalue weighted by Crippen LogP contribution is 2.29. The van der Waals surface area contributed by atoms with Crippen molar-refractivity contribution in [2.75, 3.05) is 0 Å². The lowest BCUT2D eigenvalue weighted by molar-refractivity contribution is 0.498. The van der Waals surface area contributed by atoms with Gasteiger partial charge >= 0.3 is 0 Å². The molecule has 2 rings (SSSR count). The third-order valence-electron chi connectivity index (χ3n) is 3.01. The van der Waals surface area contributed by atoms with Crippen molar-refractivity contribution in [2.24, 2.45) is 0 Å². The molecule has 2 aromatic rings. The molecule has 0 saturated heterocycles. The Morgan fingerprint density at radius 3 is 2.58 bits per heavy atom. The lowest BCUT2D eigenvalue weighted by Crippen LogP contribution is -2.02. The van der Waals surface area contributed by atoms with E-state index in [1.165, 1.54) is 24.3 Å². The highest BCUT2D eigenvalue weighted by Gasteiger charge is 2.16. The van der Waals surface area contributed by atoms with Gasteiger partial charge in [0.2, 0.25) is 0 Å². The van der Waals surface area contributed by atoms with Crippen molar-refractivity contribution in [1.29, 1.82) is 0 Å². The highest BCUT2D eigenvalue weighted by molar-refractivity contribution is 6.21. The quantitative estimate of drug-likeness (QED) is 0.701. The lowest BCUT2D eigenvalue weighted by Gasteiger charge is -2.13. The van der Waals surface area contributed by atoms with Gasteiger partial charge in [-0.05, 0) is 48.2 Å². The fourth-order valence-electron chi connectivity index (χ4n) is 1.96. The van der Waals surface area contributed by atoms with Crippen LogP contribution in [0.3, 0.4) is 0 Å². The summed E-state index contributed by atoms with van der Waals surface area (Å²) in [6, 6.07) is 8.23. The molecule has 0 radical (unpaired) electrons. The maximum atomic E-state index is 13.5. The molecule has 100 valence electrons. The van der Waals surface area contributed by atoms with Crippen LogP contribution in [0.1, 0.15) is 22.1 Å². The summed E-state index contributed by atoms with van der Waals surface area (Å²) in [6.07, 6.45) is 0.107. The van der Waals surface area contributed by atoms with Crippen LogP contribution in [0.25, 0.3) is 0 Å². The Hall–Kier alpha value is -1.48. The fourth-order valence-corrected chi connectivity index (χ4v) is 2.36. The van der Waals surface area contributed by atoms with E-state index < -0.39 is 22.8 Å². The van der Waals surface area contributed by atoms with Crippen molar-refractivity contribution < 1.29 is 13.2 Å². The van der Waals surface area contributed by atoms with Crippen molar-refractivity contribution in [3.05, 3.63) is 70.5 Å². The van der Waals surface area contributed by atoms with E-state index in [2.05, 4.69) is 0 Å². The predicted octanol–water partition coefficient (Wildman–Crippen LogP) is 4.93. The van der Waals surface area contributed by atoms with Crippen LogP contribution in [0.2, 0.25) is 0 Å². The van der Waals surface area contributed by atoms with Gasteiger partial charge in [-0.1, -0.05) is 18.2 Å². The van der Waals surface area contributed by atoms with E-state index >= 15 is 0 Å². The molecule has 0 N–H and O–H groups in total. The zero-order valence-corrected chi connectivity index (χ0v) is 11.0. The van der Waals surface area contributed by atoms with Crippen molar-refractivity contribution in [1.82, 2.24) is 0 Å². The van der Waals surface area contributed by atoms with Gasteiger partial charge in [-0.2, -0.15) is 0 Å². The monoisotopic (exact) mass is 284 g/mol. The molecule has 0 amide bonds. The van der Waals surface area contributed by atoms with Gasteiger partial charge in [0.05, 0.1) is 5.38 Å². The van der Waals surface area contributed by atoms with E-state index in [0.717, 1.165) is 11.6 Å². The maximum Gasteiger partial charge on any atom is 0.162 e. The molecule has 2 aromatic carbocycles. The number of hydrogen-bond acceptors (Lipinski definition) is 0. The minimum absolute atomic E-state index is 0.107. The molecule has 4 heteroatoms. The van der Waals surface area contributed by atoms with Crippen LogP contribution < -0.4 is 0 Å². The average Bonchev–Trinajstić information content (AvgIpc) is 2.38. The molecular weight excluding hydrogens is 273 g/mol. The minimum atomic E-state index is -0.905. The van der Waals surface area contributed by atoms with E-state index in [0.29, 0.717) is 5.56 Å². The van der Waals surface area contributed by atoms with Crippen LogP contribution in [-0.4, -0.2) is 0 Å². The van der Waals surface area contributed by atoms with E-state index in [4.69, 9.17) is 11.6 Å². The first kappa shape index (κ1) is 13.9. The predicted molar refractivity (Wildman–Crippen MR) is 69.8 cm³/mol. The van der Waals surface area contributed by atoms with Gasteiger partial charge in [0.15, 0.2) is 11.6 Å². The molecule has 0 aliphatic carbocycles. The van der Waals surface area contributed by atoms with Gasteiger partial charge in [0.25, 0.3) is 0 Å². The third kappa shape index (κ3) is 3.10. The van der Waals surface area contributed by atoms with E-state index in [-0.39, 0.29) is 12.0 Å². The van der Waals surface area contributed by atoms with Crippen LogP contribution in [0.4, 0.5) is 13.2 Å². The lowest BCUT2D eigenvalue weighted by atomic mass is 9.99. The van der Waals surface area contributed by atoms with Crippen LogP contribution in [0.15, 0.2) is 36.4 Å². The van der Waals surface area contributed by atoms with Gasteiger partial charge in [-0.3, -0.25) is 0 Å². The summed E-state index contributed by atoms with van der Waals surface area (Å²) in [5.41, 5.74) is 1.59. The number of hydrogen-bond donors (Lipinski definition) is 0. The normalized spacial score (nSPS) is 12.5. The number of halogens is 4. The Morgan fingerprint density at radius 1 is 1.11 bits per heavy atom. The van der Waals surface area contributed by atoms with E-state index in [9.17, 15) is 13.2 Å². The second-order valence-electron chi connectivity index (χ2n) is 4.39. The highest BCUT2D eigenvalue weighted by atomic mass is 35.5. The van der Waals surface area contributed by atoms with Crippen molar-refractivity contribution in [3.63, 3.8) is 0 Å². The van der Waals surface area contributed by atoms with Crippen molar-refractivity contribution in [3.8, 4) is 0 Å². The minimum Gasteiger partial charge on any atom is -0.207 e. The van der Waals surface area contributed by atoms with Crippen LogP contribution in [0.5, 0.6) is 0 Å². The summed E-state index contributed by atoms with van der Waals surface area (Å²) in [5.74, 6) is -2.20. The summed E-state index contributed by atoms with van der Waals surface area (Å²) in [6.45, 7) is 1.80. The van der Waals surface area contributed by atoms with Crippen LogP contribution in [0, 0.1) is 24.4 Å². The first-order chi connectivity index (χ1) is 8.99. The molecule has 19 heavy (non-hydrogen) atoms. The molecule has 0 nitrogen and oxygen atoms in total. The molecule has 0 bridgehead atoms. The zero-order valence-electron chi connectivity index (χ0n) is 10.3. The molecule has 0 saturated carbocycles. The second-order valence-corrected chi connectivity index (χ2v) is 4.91. The molecular formula is C15H12ClF3. The Labute approximate surface area is 114 Å². The van der Waals surface area contributed by atoms with E-state index in [1.54, 1.807) is 13.0 Å². The molecule has 1 unspecified atom stereocenters. The van der Waals surface area contributed by atoms with Crippen molar-refractivity contribution >= 4 is 11.6 Å². The number of alkyl halides is 1. The summed E-state index contributed by atoms with van der Waals surface area (Å²) in [5, 5.41) is -0.605. The fraction of sp³-hybridized carbons (Fsp3) is 0.200.